The van der Waals surface area contributed by atoms with Gasteiger partial charge in [-0.2, -0.15) is 0 Å². The van der Waals surface area contributed by atoms with E-state index in [2.05, 4.69) is 10.6 Å². The lowest BCUT2D eigenvalue weighted by Crippen LogP contribution is -2.01. The van der Waals surface area contributed by atoms with Crippen molar-refractivity contribution in [3.8, 4) is 11.1 Å². The fourth-order valence-corrected chi connectivity index (χ4v) is 3.09. The van der Waals surface area contributed by atoms with Crippen LogP contribution < -0.4 is 16.4 Å². The van der Waals surface area contributed by atoms with Crippen LogP contribution in [0.1, 0.15) is 5.56 Å². The van der Waals surface area contributed by atoms with Gasteiger partial charge in [0.25, 0.3) is 5.69 Å². The monoisotopic (exact) mass is 423 g/mol. The quantitative estimate of drug-likeness (QED) is 0.183. The lowest BCUT2D eigenvalue weighted by Gasteiger charge is -2.12. The van der Waals surface area contributed by atoms with Crippen molar-refractivity contribution in [3.05, 3.63) is 88.1 Å². The molecule has 0 bridgehead atoms. The summed E-state index contributed by atoms with van der Waals surface area (Å²) in [6, 6.07) is 12.3. The second-order valence-corrected chi connectivity index (χ2v) is 6.61. The molecule has 3 aromatic rings. The van der Waals surface area contributed by atoms with Crippen molar-refractivity contribution in [2.24, 2.45) is 0 Å². The molecule has 0 atom stereocenters. The van der Waals surface area contributed by atoms with Gasteiger partial charge in [0, 0.05) is 54.1 Å². The summed E-state index contributed by atoms with van der Waals surface area (Å²) in [6.45, 7) is 0. The molecule has 3 rings (SSSR count). The minimum Gasteiger partial charge on any atom is -0.399 e. The van der Waals surface area contributed by atoms with Crippen LogP contribution in [0.2, 0.25) is 0 Å². The number of hydrogen-bond acceptors (Lipinski definition) is 6. The molecule has 9 heteroatoms. The van der Waals surface area contributed by atoms with Gasteiger partial charge in [0.1, 0.15) is 17.3 Å². The summed E-state index contributed by atoms with van der Waals surface area (Å²) >= 11 is 0. The van der Waals surface area contributed by atoms with Crippen molar-refractivity contribution in [1.82, 2.24) is 5.32 Å². The molecule has 0 spiro atoms. The Hall–Kier alpha value is -4.27. The Labute approximate surface area is 176 Å². The van der Waals surface area contributed by atoms with Gasteiger partial charge in [-0.3, -0.25) is 10.1 Å². The Bertz CT molecular complexity index is 1190. The first-order chi connectivity index (χ1) is 14.8. The van der Waals surface area contributed by atoms with E-state index < -0.39 is 16.6 Å². The predicted molar refractivity (Wildman–Crippen MR) is 118 cm³/mol. The van der Waals surface area contributed by atoms with Crippen LogP contribution in [0, 0.1) is 27.2 Å². The summed E-state index contributed by atoms with van der Waals surface area (Å²) in [5.41, 5.74) is 8.11. The standard InChI is InChI=1S/C22H19F2N5O2/c1-27-12-15(11-25)13-2-5-21(22(8-13)29(30)31)28-18-7-14(6-17(26)10-18)19-4-3-16(23)9-20(19)24/h2-12,25,27-28H,26H2,1H3/b15-12+,25-11?. The van der Waals surface area contributed by atoms with Gasteiger partial charge in [-0.05, 0) is 47.5 Å². The fourth-order valence-electron chi connectivity index (χ4n) is 3.09. The van der Waals surface area contributed by atoms with E-state index in [-0.39, 0.29) is 16.9 Å². The number of rotatable bonds is 7. The maximum atomic E-state index is 14.2. The van der Waals surface area contributed by atoms with E-state index in [1.165, 1.54) is 24.3 Å². The topological polar surface area (TPSA) is 117 Å². The van der Waals surface area contributed by atoms with Crippen molar-refractivity contribution < 1.29 is 13.7 Å². The van der Waals surface area contributed by atoms with Gasteiger partial charge in [-0.1, -0.05) is 6.07 Å². The van der Waals surface area contributed by atoms with Crippen molar-refractivity contribution in [3.63, 3.8) is 0 Å². The molecule has 0 saturated carbocycles. The zero-order valence-corrected chi connectivity index (χ0v) is 16.4. The van der Waals surface area contributed by atoms with E-state index >= 15 is 0 Å². The number of hydrogen-bond donors (Lipinski definition) is 4. The summed E-state index contributed by atoms with van der Waals surface area (Å²) in [5.74, 6) is -1.45. The molecule has 0 aliphatic carbocycles. The molecular formula is C22H19F2N5O2. The second-order valence-electron chi connectivity index (χ2n) is 6.61. The summed E-state index contributed by atoms with van der Waals surface area (Å²) in [6.07, 6.45) is 2.64. The smallest absolute Gasteiger partial charge is 0.293 e. The van der Waals surface area contributed by atoms with Crippen molar-refractivity contribution in [2.75, 3.05) is 18.1 Å². The van der Waals surface area contributed by atoms with E-state index in [1.807, 2.05) is 0 Å². The Morgan fingerprint density at radius 2 is 1.90 bits per heavy atom. The van der Waals surface area contributed by atoms with E-state index in [0.29, 0.717) is 28.1 Å². The van der Waals surface area contributed by atoms with E-state index in [4.69, 9.17) is 11.1 Å². The minimum atomic E-state index is -0.748. The second kappa shape index (κ2) is 9.04. The number of allylic oxidation sites excluding steroid dienone is 1. The summed E-state index contributed by atoms with van der Waals surface area (Å²) in [4.78, 5) is 11.1. The third-order valence-electron chi connectivity index (χ3n) is 4.46. The normalized spacial score (nSPS) is 11.1. The van der Waals surface area contributed by atoms with Crippen molar-refractivity contribution in [2.45, 2.75) is 0 Å². The summed E-state index contributed by atoms with van der Waals surface area (Å²) in [5, 5.41) is 24.8. The molecule has 0 aliphatic rings. The molecule has 3 aromatic carbocycles. The molecule has 0 unspecified atom stereocenters. The summed E-state index contributed by atoms with van der Waals surface area (Å²) in [7, 11) is 1.66. The number of nitrogen functional groups attached to an aromatic ring is 1. The van der Waals surface area contributed by atoms with Crippen LogP contribution >= 0.6 is 0 Å². The van der Waals surface area contributed by atoms with Gasteiger partial charge in [0.15, 0.2) is 0 Å². The SMILES string of the molecule is CN/C=C(\C=N)c1ccc(Nc2cc(N)cc(-c3ccc(F)cc3F)c2)c([N+](=O)[O-])c1. The minimum absolute atomic E-state index is 0.148. The van der Waals surface area contributed by atoms with Gasteiger partial charge < -0.3 is 21.8 Å². The third-order valence-corrected chi connectivity index (χ3v) is 4.46. The lowest BCUT2D eigenvalue weighted by molar-refractivity contribution is -0.383. The molecule has 5 N–H and O–H groups in total. The molecule has 7 nitrogen and oxygen atoms in total. The first kappa shape index (κ1) is 21.4. The Morgan fingerprint density at radius 1 is 1.13 bits per heavy atom. The van der Waals surface area contributed by atoms with E-state index in [1.54, 1.807) is 31.4 Å². The number of nitrogens with two attached hydrogens (primary N) is 1. The van der Waals surface area contributed by atoms with Gasteiger partial charge >= 0.3 is 0 Å². The van der Waals surface area contributed by atoms with Crippen LogP contribution in [0.15, 0.2) is 60.8 Å². The van der Waals surface area contributed by atoms with Crippen LogP contribution in [-0.4, -0.2) is 18.2 Å². The molecule has 0 aromatic heterocycles. The van der Waals surface area contributed by atoms with Gasteiger partial charge in [0.05, 0.1) is 4.92 Å². The van der Waals surface area contributed by atoms with Crippen molar-refractivity contribution >= 4 is 34.5 Å². The molecule has 0 radical (unpaired) electrons. The van der Waals surface area contributed by atoms with Crippen LogP contribution in [0.3, 0.4) is 0 Å². The molecule has 0 amide bonds. The lowest BCUT2D eigenvalue weighted by atomic mass is 10.0. The van der Waals surface area contributed by atoms with Crippen molar-refractivity contribution in [1.29, 1.82) is 5.41 Å². The maximum absolute atomic E-state index is 14.2. The van der Waals surface area contributed by atoms with Gasteiger partial charge in [-0.25, -0.2) is 8.78 Å². The zero-order valence-electron chi connectivity index (χ0n) is 16.4. The first-order valence-corrected chi connectivity index (χ1v) is 9.12. The van der Waals surface area contributed by atoms with E-state index in [9.17, 15) is 18.9 Å². The molecule has 0 heterocycles. The highest BCUT2D eigenvalue weighted by Gasteiger charge is 2.17. The highest BCUT2D eigenvalue weighted by atomic mass is 19.1. The van der Waals surface area contributed by atoms with Crippen LogP contribution in [0.5, 0.6) is 0 Å². The van der Waals surface area contributed by atoms with Crippen LogP contribution in [-0.2, 0) is 0 Å². The molecule has 0 fully saturated rings. The Balaban J connectivity index is 2.02. The number of nitro benzene ring substituents is 1. The summed E-state index contributed by atoms with van der Waals surface area (Å²) < 4.78 is 27.4. The largest absolute Gasteiger partial charge is 0.399 e. The molecule has 0 aliphatic heterocycles. The highest BCUT2D eigenvalue weighted by molar-refractivity contribution is 6.08. The average molecular weight is 423 g/mol. The van der Waals surface area contributed by atoms with Crippen LogP contribution in [0.4, 0.5) is 31.5 Å². The maximum Gasteiger partial charge on any atom is 0.293 e. The first-order valence-electron chi connectivity index (χ1n) is 9.12. The van der Waals surface area contributed by atoms with Crippen LogP contribution in [0.25, 0.3) is 16.7 Å². The number of nitrogens with one attached hydrogen (secondary N) is 3. The average Bonchev–Trinajstić information content (AvgIpc) is 2.71. The van der Waals surface area contributed by atoms with E-state index in [0.717, 1.165) is 18.3 Å². The molecular weight excluding hydrogens is 404 g/mol. The highest BCUT2D eigenvalue weighted by Crippen LogP contribution is 2.34. The molecule has 31 heavy (non-hydrogen) atoms. The number of nitrogens with zero attached hydrogens (tertiary/aromatic N) is 1. The molecule has 0 saturated heterocycles. The van der Waals surface area contributed by atoms with Gasteiger partial charge in [0.2, 0.25) is 0 Å². The number of nitro groups is 1. The Kier molecular flexibility index (Phi) is 6.25. The fraction of sp³-hybridized carbons (Fsp3) is 0.0455. The number of benzene rings is 3. The Morgan fingerprint density at radius 3 is 2.55 bits per heavy atom. The molecule has 158 valence electrons. The number of halogens is 2. The predicted octanol–water partition coefficient (Wildman–Crippen LogP) is 5.08. The number of anilines is 3. The van der Waals surface area contributed by atoms with Gasteiger partial charge in [-0.15, -0.1) is 0 Å². The third kappa shape index (κ3) is 4.84. The zero-order chi connectivity index (χ0) is 22.5.